The minimum Gasteiger partial charge on any atom is -0.478 e. The van der Waals surface area contributed by atoms with Crippen LogP contribution in [-0.2, 0) is 0 Å². The highest BCUT2D eigenvalue weighted by molar-refractivity contribution is 7.64. The van der Waals surface area contributed by atoms with Crippen LogP contribution in [0.25, 0.3) is 0 Å². The molecule has 8 nitrogen and oxygen atoms in total. The third kappa shape index (κ3) is 4.17. The molecule has 1 aliphatic carbocycles. The third-order valence-corrected chi connectivity index (χ3v) is 7.50. The second-order valence-electron chi connectivity index (χ2n) is 8.49. The van der Waals surface area contributed by atoms with E-state index in [1.807, 2.05) is 18.2 Å². The quantitative estimate of drug-likeness (QED) is 0.493. The SMILES string of the molecule is COc1nc(N2CC3(CC3)C2)cnc1Nc1ncc(Cl)c(Nc2ccccc2P(C)C)n1. The van der Waals surface area contributed by atoms with Crippen molar-refractivity contribution in [1.82, 2.24) is 19.9 Å². The molecule has 0 radical (unpaired) electrons. The van der Waals surface area contributed by atoms with Crippen molar-refractivity contribution in [3.8, 4) is 5.88 Å². The van der Waals surface area contributed by atoms with Gasteiger partial charge in [-0.25, -0.2) is 9.97 Å². The van der Waals surface area contributed by atoms with Gasteiger partial charge in [0.25, 0.3) is 5.88 Å². The molecule has 10 heteroatoms. The summed E-state index contributed by atoms with van der Waals surface area (Å²) in [6.07, 6.45) is 5.96. The summed E-state index contributed by atoms with van der Waals surface area (Å²) in [7, 11) is 1.29. The van der Waals surface area contributed by atoms with E-state index in [2.05, 4.69) is 54.9 Å². The Bertz CT molecular complexity index is 1150. The van der Waals surface area contributed by atoms with Crippen LogP contribution >= 0.6 is 19.5 Å². The molecule has 2 N–H and O–H groups in total. The fourth-order valence-corrected chi connectivity index (χ4v) is 5.01. The van der Waals surface area contributed by atoms with Crippen LogP contribution in [0, 0.1) is 5.41 Å². The number of aromatic nitrogens is 4. The molecule has 2 fully saturated rings. The second-order valence-corrected chi connectivity index (χ2v) is 11.2. The van der Waals surface area contributed by atoms with Crippen LogP contribution in [0.15, 0.2) is 36.7 Å². The summed E-state index contributed by atoms with van der Waals surface area (Å²) in [5.41, 5.74) is 1.53. The molecule has 1 aromatic carbocycles. The van der Waals surface area contributed by atoms with E-state index in [1.165, 1.54) is 18.1 Å². The second kappa shape index (κ2) is 8.34. The maximum atomic E-state index is 6.38. The summed E-state index contributed by atoms with van der Waals surface area (Å²) in [5.74, 6) is 2.56. The molecule has 3 heterocycles. The molecule has 2 aliphatic rings. The zero-order valence-electron chi connectivity index (χ0n) is 18.3. The van der Waals surface area contributed by atoms with E-state index in [0.717, 1.165) is 24.6 Å². The first-order valence-electron chi connectivity index (χ1n) is 10.5. The standard InChI is InChI=1S/C22H25ClN7OP/c1-31-20-19(24-11-17(27-20)30-12-22(13-30)8-9-22)29-21-25-10-14(23)18(28-21)26-15-6-4-5-7-16(15)32(2)3/h4-7,10-11H,8-9,12-13H2,1-3H3,(H2,24,25,26,28,29). The van der Waals surface area contributed by atoms with Gasteiger partial charge in [-0.2, -0.15) is 9.97 Å². The Balaban J connectivity index is 1.36. The number of benzene rings is 1. The highest BCUT2D eigenvalue weighted by Crippen LogP contribution is 2.53. The molecule has 3 aromatic rings. The molecule has 0 atom stereocenters. The normalized spacial score (nSPS) is 16.1. The lowest BCUT2D eigenvalue weighted by atomic mass is 9.97. The van der Waals surface area contributed by atoms with Gasteiger partial charge >= 0.3 is 0 Å². The van der Waals surface area contributed by atoms with E-state index in [0.29, 0.717) is 33.9 Å². The monoisotopic (exact) mass is 469 g/mol. The Kier molecular flexibility index (Phi) is 5.51. The van der Waals surface area contributed by atoms with Gasteiger partial charge < -0.3 is 20.3 Å². The predicted octanol–water partition coefficient (Wildman–Crippen LogP) is 4.38. The third-order valence-electron chi connectivity index (χ3n) is 5.87. The minimum absolute atomic E-state index is 0.287. The molecule has 1 spiro atoms. The molecule has 166 valence electrons. The van der Waals surface area contributed by atoms with Gasteiger partial charge in [-0.3, -0.25) is 0 Å². The van der Waals surface area contributed by atoms with Gasteiger partial charge in [0, 0.05) is 24.2 Å². The van der Waals surface area contributed by atoms with Gasteiger partial charge in [-0.15, -0.1) is 0 Å². The fourth-order valence-electron chi connectivity index (χ4n) is 3.88. The van der Waals surface area contributed by atoms with Crippen molar-refractivity contribution in [3.63, 3.8) is 0 Å². The van der Waals surface area contributed by atoms with Crippen molar-refractivity contribution in [2.24, 2.45) is 5.41 Å². The van der Waals surface area contributed by atoms with Crippen LogP contribution in [0.5, 0.6) is 5.88 Å². The molecule has 2 aromatic heterocycles. The number of hydrogen-bond acceptors (Lipinski definition) is 8. The number of nitrogens with zero attached hydrogens (tertiary/aromatic N) is 5. The minimum atomic E-state index is -0.287. The van der Waals surface area contributed by atoms with Gasteiger partial charge in [-0.1, -0.05) is 37.7 Å². The van der Waals surface area contributed by atoms with Crippen molar-refractivity contribution >= 4 is 53.9 Å². The van der Waals surface area contributed by atoms with Gasteiger partial charge in [-0.05, 0) is 37.5 Å². The number of halogens is 1. The molecule has 5 rings (SSSR count). The Morgan fingerprint density at radius 3 is 2.53 bits per heavy atom. The summed E-state index contributed by atoms with van der Waals surface area (Å²) in [4.78, 5) is 20.2. The molecule has 32 heavy (non-hydrogen) atoms. The summed E-state index contributed by atoms with van der Waals surface area (Å²) < 4.78 is 5.48. The van der Waals surface area contributed by atoms with E-state index in [9.17, 15) is 0 Å². The fraction of sp³-hybridized carbons (Fsp3) is 0.364. The summed E-state index contributed by atoms with van der Waals surface area (Å²) >= 11 is 6.38. The molecule has 1 saturated carbocycles. The number of ether oxygens (including phenoxy) is 1. The highest BCUT2D eigenvalue weighted by atomic mass is 35.5. The van der Waals surface area contributed by atoms with Crippen molar-refractivity contribution < 1.29 is 4.74 Å². The van der Waals surface area contributed by atoms with Gasteiger partial charge in [0.15, 0.2) is 17.5 Å². The van der Waals surface area contributed by atoms with Crippen LogP contribution in [0.3, 0.4) is 0 Å². The predicted molar refractivity (Wildman–Crippen MR) is 131 cm³/mol. The van der Waals surface area contributed by atoms with Crippen LogP contribution < -0.4 is 25.6 Å². The van der Waals surface area contributed by atoms with Crippen LogP contribution in [0.1, 0.15) is 12.8 Å². The number of para-hydroxylation sites is 1. The maximum Gasteiger partial charge on any atom is 0.259 e. The van der Waals surface area contributed by atoms with E-state index < -0.39 is 0 Å². The Hall–Kier alpha value is -2.70. The molecule has 0 bridgehead atoms. The number of hydrogen-bond donors (Lipinski definition) is 2. The number of methoxy groups -OCH3 is 1. The lowest BCUT2D eigenvalue weighted by molar-refractivity contribution is 0.374. The van der Waals surface area contributed by atoms with Crippen molar-refractivity contribution in [1.29, 1.82) is 0 Å². The smallest absolute Gasteiger partial charge is 0.259 e. The molecule has 1 saturated heterocycles. The maximum absolute atomic E-state index is 6.38. The number of anilines is 5. The molecule has 0 amide bonds. The zero-order valence-corrected chi connectivity index (χ0v) is 19.9. The first-order valence-corrected chi connectivity index (χ1v) is 13.1. The lowest BCUT2D eigenvalue weighted by Crippen LogP contribution is -2.48. The molecule has 1 aliphatic heterocycles. The topological polar surface area (TPSA) is 88.1 Å². The number of rotatable bonds is 7. The first kappa shape index (κ1) is 21.2. The molecule has 0 unspecified atom stereocenters. The molecular formula is C22H25ClN7OP. The zero-order chi connectivity index (χ0) is 22.3. The van der Waals surface area contributed by atoms with E-state index in [4.69, 9.17) is 16.3 Å². The largest absolute Gasteiger partial charge is 0.478 e. The average Bonchev–Trinajstić information content (AvgIpc) is 3.57. The van der Waals surface area contributed by atoms with Gasteiger partial charge in [0.05, 0.1) is 19.5 Å². The highest BCUT2D eigenvalue weighted by Gasteiger charge is 2.52. The summed E-state index contributed by atoms with van der Waals surface area (Å²) in [6, 6.07) is 8.17. The first-order chi connectivity index (χ1) is 15.5. The van der Waals surface area contributed by atoms with E-state index in [1.54, 1.807) is 19.5 Å². The van der Waals surface area contributed by atoms with Gasteiger partial charge in [0.2, 0.25) is 5.95 Å². The Morgan fingerprint density at radius 2 is 1.81 bits per heavy atom. The van der Waals surface area contributed by atoms with Crippen LogP contribution in [-0.4, -0.2) is 53.5 Å². The van der Waals surface area contributed by atoms with Crippen LogP contribution in [0.2, 0.25) is 5.02 Å². The van der Waals surface area contributed by atoms with Crippen LogP contribution in [0.4, 0.5) is 29.1 Å². The molecular weight excluding hydrogens is 445 g/mol. The van der Waals surface area contributed by atoms with E-state index >= 15 is 0 Å². The van der Waals surface area contributed by atoms with E-state index in [-0.39, 0.29) is 7.92 Å². The Morgan fingerprint density at radius 1 is 1.03 bits per heavy atom. The lowest BCUT2D eigenvalue weighted by Gasteiger charge is -2.40. The summed E-state index contributed by atoms with van der Waals surface area (Å²) in [5, 5.41) is 8.14. The summed E-state index contributed by atoms with van der Waals surface area (Å²) in [6.45, 7) is 6.52. The van der Waals surface area contributed by atoms with Crippen molar-refractivity contribution in [2.75, 3.05) is 49.1 Å². The average molecular weight is 470 g/mol. The Labute approximate surface area is 193 Å². The van der Waals surface area contributed by atoms with Crippen molar-refractivity contribution in [3.05, 3.63) is 41.7 Å². The van der Waals surface area contributed by atoms with Crippen molar-refractivity contribution in [2.45, 2.75) is 12.8 Å². The number of nitrogens with one attached hydrogen (secondary N) is 2. The van der Waals surface area contributed by atoms with Gasteiger partial charge in [0.1, 0.15) is 5.02 Å².